The maximum atomic E-state index is 12.1. The first-order chi connectivity index (χ1) is 7.68. The molecule has 0 bridgehead atoms. The average molecular weight is 222 g/mol. The third-order valence-electron chi connectivity index (χ3n) is 2.57. The molecule has 1 aliphatic heterocycles. The molecule has 1 amide bonds. The van der Waals surface area contributed by atoms with Crippen LogP contribution in [0.25, 0.3) is 0 Å². The van der Waals surface area contributed by atoms with Crippen LogP contribution in [0.5, 0.6) is 5.75 Å². The van der Waals surface area contributed by atoms with E-state index in [-0.39, 0.29) is 11.7 Å². The number of rotatable bonds is 1. The molecule has 1 saturated heterocycles. The van der Waals surface area contributed by atoms with Crippen molar-refractivity contribution in [3.63, 3.8) is 0 Å². The number of phenolic OH excluding ortho intramolecular Hbond substituents is 1. The number of benzene rings is 1. The molecule has 0 radical (unpaired) electrons. The van der Waals surface area contributed by atoms with Gasteiger partial charge in [-0.25, -0.2) is 0 Å². The lowest BCUT2D eigenvalue weighted by molar-refractivity contribution is 0.0303. The first kappa shape index (κ1) is 10.8. The molecular weight excluding hydrogens is 208 g/mol. The van der Waals surface area contributed by atoms with Crippen molar-refractivity contribution in [1.29, 1.82) is 0 Å². The summed E-state index contributed by atoms with van der Waals surface area (Å²) in [6.45, 7) is 2.22. The summed E-state index contributed by atoms with van der Waals surface area (Å²) >= 11 is 0. The molecular formula is C11H14N2O3. The van der Waals surface area contributed by atoms with Crippen LogP contribution in [-0.4, -0.2) is 42.2 Å². The number of nitrogen functional groups attached to an aromatic ring is 1. The summed E-state index contributed by atoms with van der Waals surface area (Å²) in [6.07, 6.45) is 0. The van der Waals surface area contributed by atoms with Gasteiger partial charge in [-0.3, -0.25) is 4.79 Å². The van der Waals surface area contributed by atoms with Crippen molar-refractivity contribution in [3.8, 4) is 5.75 Å². The highest BCUT2D eigenvalue weighted by Gasteiger charge is 2.20. The van der Waals surface area contributed by atoms with Crippen LogP contribution in [-0.2, 0) is 4.74 Å². The lowest BCUT2D eigenvalue weighted by atomic mass is 10.1. The number of hydrogen-bond donors (Lipinski definition) is 2. The summed E-state index contributed by atoms with van der Waals surface area (Å²) in [5.41, 5.74) is 6.44. The predicted octanol–water partition coefficient (Wildman–Crippen LogP) is 0.447. The number of morpholine rings is 1. The highest BCUT2D eigenvalue weighted by Crippen LogP contribution is 2.20. The first-order valence-corrected chi connectivity index (χ1v) is 5.14. The van der Waals surface area contributed by atoms with Crippen molar-refractivity contribution < 1.29 is 14.6 Å². The number of anilines is 1. The second-order valence-electron chi connectivity index (χ2n) is 3.68. The lowest BCUT2D eigenvalue weighted by Gasteiger charge is -2.27. The maximum absolute atomic E-state index is 12.1. The summed E-state index contributed by atoms with van der Waals surface area (Å²) in [7, 11) is 0. The van der Waals surface area contributed by atoms with Gasteiger partial charge in [-0.05, 0) is 18.2 Å². The fourth-order valence-corrected chi connectivity index (χ4v) is 1.67. The Kier molecular flexibility index (Phi) is 2.96. The van der Waals surface area contributed by atoms with Crippen LogP contribution in [0.1, 0.15) is 10.4 Å². The number of carbonyl (C=O) groups is 1. The molecule has 1 aromatic carbocycles. The molecule has 5 nitrogen and oxygen atoms in total. The topological polar surface area (TPSA) is 75.8 Å². The summed E-state index contributed by atoms with van der Waals surface area (Å²) in [5.74, 6) is -0.109. The second-order valence-corrected chi connectivity index (χ2v) is 3.68. The van der Waals surface area contributed by atoms with Crippen molar-refractivity contribution in [1.82, 2.24) is 4.90 Å². The number of nitrogens with zero attached hydrogens (tertiary/aromatic N) is 1. The molecule has 0 aromatic heterocycles. The van der Waals surface area contributed by atoms with E-state index in [1.807, 2.05) is 0 Å². The molecule has 1 aromatic rings. The number of phenols is 1. The van der Waals surface area contributed by atoms with Gasteiger partial charge in [0.2, 0.25) is 0 Å². The standard InChI is InChI=1S/C11H14N2O3/c12-10-2-1-8(14)7-9(10)11(15)13-3-5-16-6-4-13/h1-2,7,14H,3-6,12H2. The Balaban J connectivity index is 2.22. The molecule has 0 aliphatic carbocycles. The molecule has 0 unspecified atom stereocenters. The van der Waals surface area contributed by atoms with E-state index in [2.05, 4.69) is 0 Å². The molecule has 0 spiro atoms. The largest absolute Gasteiger partial charge is 0.508 e. The zero-order chi connectivity index (χ0) is 11.5. The van der Waals surface area contributed by atoms with E-state index in [9.17, 15) is 9.90 Å². The Bertz CT molecular complexity index is 400. The van der Waals surface area contributed by atoms with Crippen LogP contribution >= 0.6 is 0 Å². The molecule has 2 rings (SSSR count). The van der Waals surface area contributed by atoms with Crippen LogP contribution in [0.15, 0.2) is 18.2 Å². The van der Waals surface area contributed by atoms with Gasteiger partial charge in [-0.15, -0.1) is 0 Å². The van der Waals surface area contributed by atoms with Gasteiger partial charge in [0.15, 0.2) is 0 Å². The Morgan fingerprint density at radius 3 is 2.75 bits per heavy atom. The number of nitrogens with two attached hydrogens (primary N) is 1. The molecule has 16 heavy (non-hydrogen) atoms. The fourth-order valence-electron chi connectivity index (χ4n) is 1.67. The zero-order valence-electron chi connectivity index (χ0n) is 8.85. The number of carbonyl (C=O) groups excluding carboxylic acids is 1. The second kappa shape index (κ2) is 4.40. The smallest absolute Gasteiger partial charge is 0.256 e. The average Bonchev–Trinajstić information content (AvgIpc) is 2.32. The Morgan fingerprint density at radius 2 is 2.06 bits per heavy atom. The molecule has 1 fully saturated rings. The van der Waals surface area contributed by atoms with E-state index >= 15 is 0 Å². The third-order valence-corrected chi connectivity index (χ3v) is 2.57. The van der Waals surface area contributed by atoms with Crippen LogP contribution in [0, 0.1) is 0 Å². The molecule has 86 valence electrons. The highest BCUT2D eigenvalue weighted by atomic mass is 16.5. The number of hydrogen-bond acceptors (Lipinski definition) is 4. The van der Waals surface area contributed by atoms with E-state index in [0.717, 1.165) is 0 Å². The van der Waals surface area contributed by atoms with Gasteiger partial charge in [0.25, 0.3) is 5.91 Å². The quantitative estimate of drug-likeness (QED) is 0.534. The summed E-state index contributed by atoms with van der Waals surface area (Å²) in [4.78, 5) is 13.7. The van der Waals surface area contributed by atoms with Gasteiger partial charge in [-0.2, -0.15) is 0 Å². The number of ether oxygens (including phenoxy) is 1. The monoisotopic (exact) mass is 222 g/mol. The Hall–Kier alpha value is -1.75. The van der Waals surface area contributed by atoms with E-state index in [1.165, 1.54) is 18.2 Å². The Labute approximate surface area is 93.4 Å². The van der Waals surface area contributed by atoms with Crippen molar-refractivity contribution in [2.45, 2.75) is 0 Å². The normalized spacial score (nSPS) is 16.1. The summed E-state index contributed by atoms with van der Waals surface area (Å²) < 4.78 is 5.17. The Morgan fingerprint density at radius 1 is 1.38 bits per heavy atom. The molecule has 3 N–H and O–H groups in total. The van der Waals surface area contributed by atoms with Gasteiger partial charge in [-0.1, -0.05) is 0 Å². The van der Waals surface area contributed by atoms with Gasteiger partial charge in [0.05, 0.1) is 18.8 Å². The molecule has 1 aliphatic rings. The molecule has 0 saturated carbocycles. The van der Waals surface area contributed by atoms with Crippen molar-refractivity contribution in [3.05, 3.63) is 23.8 Å². The van der Waals surface area contributed by atoms with Gasteiger partial charge >= 0.3 is 0 Å². The predicted molar refractivity (Wildman–Crippen MR) is 59.2 cm³/mol. The van der Waals surface area contributed by atoms with E-state index in [1.54, 1.807) is 4.90 Å². The number of aromatic hydroxyl groups is 1. The SMILES string of the molecule is Nc1ccc(O)cc1C(=O)N1CCOCC1. The lowest BCUT2D eigenvalue weighted by Crippen LogP contribution is -2.40. The van der Waals surface area contributed by atoms with E-state index < -0.39 is 0 Å². The van der Waals surface area contributed by atoms with Gasteiger partial charge in [0, 0.05) is 18.8 Å². The van der Waals surface area contributed by atoms with Gasteiger partial charge in [0.1, 0.15) is 5.75 Å². The van der Waals surface area contributed by atoms with Crippen LogP contribution in [0.3, 0.4) is 0 Å². The minimum Gasteiger partial charge on any atom is -0.508 e. The zero-order valence-corrected chi connectivity index (χ0v) is 8.85. The van der Waals surface area contributed by atoms with E-state index in [4.69, 9.17) is 10.5 Å². The third kappa shape index (κ3) is 2.09. The minimum atomic E-state index is -0.156. The first-order valence-electron chi connectivity index (χ1n) is 5.14. The maximum Gasteiger partial charge on any atom is 0.256 e. The van der Waals surface area contributed by atoms with Crippen molar-refractivity contribution in [2.75, 3.05) is 32.0 Å². The van der Waals surface area contributed by atoms with Crippen LogP contribution in [0.2, 0.25) is 0 Å². The van der Waals surface area contributed by atoms with Crippen molar-refractivity contribution >= 4 is 11.6 Å². The summed E-state index contributed by atoms with van der Waals surface area (Å²) in [5, 5.41) is 9.33. The molecule has 0 atom stereocenters. The van der Waals surface area contributed by atoms with Gasteiger partial charge < -0.3 is 20.5 Å². The molecule has 1 heterocycles. The van der Waals surface area contributed by atoms with Crippen LogP contribution in [0.4, 0.5) is 5.69 Å². The fraction of sp³-hybridized carbons (Fsp3) is 0.364. The van der Waals surface area contributed by atoms with Crippen molar-refractivity contribution in [2.24, 2.45) is 0 Å². The highest BCUT2D eigenvalue weighted by molar-refractivity contribution is 5.99. The number of amides is 1. The molecule has 5 heteroatoms. The summed E-state index contributed by atoms with van der Waals surface area (Å²) in [6, 6.07) is 4.39. The van der Waals surface area contributed by atoms with E-state index in [0.29, 0.717) is 37.6 Å². The minimum absolute atomic E-state index is 0.0470. The van der Waals surface area contributed by atoms with Crippen LogP contribution < -0.4 is 5.73 Å².